The molecule has 18 heavy (non-hydrogen) atoms. The molecule has 5 rings (SSSR count). The van der Waals surface area contributed by atoms with Gasteiger partial charge in [-0.2, -0.15) is 0 Å². The van der Waals surface area contributed by atoms with Crippen LogP contribution >= 0.6 is 15.9 Å². The van der Waals surface area contributed by atoms with Crippen LogP contribution in [0.5, 0.6) is 0 Å². The summed E-state index contributed by atoms with van der Waals surface area (Å²) in [4.78, 5) is 0. The number of fused-ring (bicyclic) bond motifs is 1. The lowest BCUT2D eigenvalue weighted by molar-refractivity contribution is 0.131. The van der Waals surface area contributed by atoms with E-state index < -0.39 is 0 Å². The zero-order chi connectivity index (χ0) is 12.1. The quantitative estimate of drug-likeness (QED) is 0.653. The van der Waals surface area contributed by atoms with Gasteiger partial charge in [-0.3, -0.25) is 0 Å². The summed E-state index contributed by atoms with van der Waals surface area (Å²) >= 11 is 3.56. The van der Waals surface area contributed by atoms with Crippen molar-refractivity contribution in [3.63, 3.8) is 0 Å². The Kier molecular flexibility index (Phi) is 2.80. The molecule has 0 aliphatic heterocycles. The highest BCUT2D eigenvalue weighted by atomic mass is 79.9. The Labute approximate surface area is 118 Å². The van der Waals surface area contributed by atoms with Crippen LogP contribution in [0.3, 0.4) is 0 Å². The Morgan fingerprint density at radius 3 is 1.89 bits per heavy atom. The predicted octanol–water partition coefficient (Wildman–Crippen LogP) is 5.38. The highest BCUT2D eigenvalue weighted by molar-refractivity contribution is 9.10. The van der Waals surface area contributed by atoms with Crippen LogP contribution in [0.25, 0.3) is 0 Å². The molecular formula is C17H21Br. The van der Waals surface area contributed by atoms with Gasteiger partial charge in [0.1, 0.15) is 0 Å². The van der Waals surface area contributed by atoms with Gasteiger partial charge in [0, 0.05) is 4.47 Å². The van der Waals surface area contributed by atoms with Gasteiger partial charge in [0.15, 0.2) is 0 Å². The largest absolute Gasteiger partial charge is 0.0576 e. The van der Waals surface area contributed by atoms with E-state index in [1.165, 1.54) is 23.7 Å². The van der Waals surface area contributed by atoms with Crippen LogP contribution in [-0.4, -0.2) is 0 Å². The molecule has 4 fully saturated rings. The third-order valence-electron chi connectivity index (χ3n) is 5.73. The van der Waals surface area contributed by atoms with E-state index in [1.807, 2.05) is 0 Å². The molecule has 96 valence electrons. The van der Waals surface area contributed by atoms with Gasteiger partial charge in [-0.05, 0) is 85.8 Å². The lowest BCUT2D eigenvalue weighted by atomic mass is 9.67. The van der Waals surface area contributed by atoms with Gasteiger partial charge in [0.25, 0.3) is 0 Å². The SMILES string of the molecule is Brc1ccc(C2CC3CC4CC(C3)CC2C4)cc1. The first kappa shape index (κ1) is 11.5. The molecule has 0 spiro atoms. The van der Waals surface area contributed by atoms with Gasteiger partial charge in [-0.25, -0.2) is 0 Å². The summed E-state index contributed by atoms with van der Waals surface area (Å²) in [6.45, 7) is 0. The smallest absolute Gasteiger partial charge is 0.0175 e. The molecule has 4 bridgehead atoms. The summed E-state index contributed by atoms with van der Waals surface area (Å²) in [5, 5.41) is 0. The van der Waals surface area contributed by atoms with Crippen LogP contribution < -0.4 is 0 Å². The van der Waals surface area contributed by atoms with Crippen LogP contribution in [-0.2, 0) is 0 Å². The normalized spacial score (nSPS) is 41.9. The lowest BCUT2D eigenvalue weighted by Crippen LogP contribution is -2.27. The molecule has 1 heteroatoms. The highest BCUT2D eigenvalue weighted by Gasteiger charge is 2.43. The van der Waals surface area contributed by atoms with Crippen LogP contribution in [0.1, 0.15) is 50.0 Å². The second-order valence-electron chi connectivity index (χ2n) is 6.93. The van der Waals surface area contributed by atoms with Gasteiger partial charge in [0.05, 0.1) is 0 Å². The van der Waals surface area contributed by atoms with Crippen molar-refractivity contribution in [1.29, 1.82) is 0 Å². The second-order valence-corrected chi connectivity index (χ2v) is 7.85. The third-order valence-corrected chi connectivity index (χ3v) is 6.26. The van der Waals surface area contributed by atoms with Crippen molar-refractivity contribution in [1.82, 2.24) is 0 Å². The molecule has 4 saturated carbocycles. The maximum atomic E-state index is 3.56. The van der Waals surface area contributed by atoms with Crippen molar-refractivity contribution < 1.29 is 0 Å². The summed E-state index contributed by atoms with van der Waals surface area (Å²) in [6, 6.07) is 9.18. The van der Waals surface area contributed by atoms with E-state index in [-0.39, 0.29) is 0 Å². The van der Waals surface area contributed by atoms with Crippen molar-refractivity contribution in [2.75, 3.05) is 0 Å². The summed E-state index contributed by atoms with van der Waals surface area (Å²) in [6.07, 6.45) is 9.15. The fraction of sp³-hybridized carbons (Fsp3) is 0.647. The minimum absolute atomic E-state index is 0.860. The molecule has 0 N–H and O–H groups in total. The van der Waals surface area contributed by atoms with Crippen LogP contribution in [0, 0.1) is 23.7 Å². The molecule has 0 amide bonds. The van der Waals surface area contributed by atoms with E-state index >= 15 is 0 Å². The molecule has 1 aromatic carbocycles. The standard InChI is InChI=1S/C17H21Br/c18-16-3-1-14(2-4-16)17-10-13-6-11-5-12(7-13)9-15(17)8-11/h1-4,11-13,15,17H,5-10H2. The Bertz CT molecular complexity index is 421. The van der Waals surface area contributed by atoms with E-state index in [0.717, 1.165) is 29.6 Å². The third kappa shape index (κ3) is 1.95. The minimum Gasteiger partial charge on any atom is -0.0576 e. The number of hydrogen-bond acceptors (Lipinski definition) is 0. The second kappa shape index (κ2) is 4.37. The summed E-state index contributed by atoms with van der Waals surface area (Å²) in [5.74, 6) is 5.04. The van der Waals surface area contributed by atoms with Crippen molar-refractivity contribution in [2.24, 2.45) is 23.7 Å². The van der Waals surface area contributed by atoms with Crippen LogP contribution in [0.15, 0.2) is 28.7 Å². The molecule has 3 atom stereocenters. The zero-order valence-electron chi connectivity index (χ0n) is 10.8. The van der Waals surface area contributed by atoms with Gasteiger partial charge in [-0.1, -0.05) is 28.1 Å². The van der Waals surface area contributed by atoms with Crippen molar-refractivity contribution in [3.8, 4) is 0 Å². The maximum Gasteiger partial charge on any atom is 0.0175 e. The molecule has 3 unspecified atom stereocenters. The van der Waals surface area contributed by atoms with E-state index in [1.54, 1.807) is 24.8 Å². The van der Waals surface area contributed by atoms with Gasteiger partial charge >= 0.3 is 0 Å². The molecule has 0 nitrogen and oxygen atoms in total. The first-order chi connectivity index (χ1) is 8.78. The number of halogens is 1. The highest BCUT2D eigenvalue weighted by Crippen LogP contribution is 2.55. The summed E-state index contributed by atoms with van der Waals surface area (Å²) < 4.78 is 1.21. The predicted molar refractivity (Wildman–Crippen MR) is 78.5 cm³/mol. The number of rotatable bonds is 1. The van der Waals surface area contributed by atoms with Crippen LogP contribution in [0.4, 0.5) is 0 Å². The van der Waals surface area contributed by atoms with E-state index in [0.29, 0.717) is 0 Å². The van der Waals surface area contributed by atoms with Gasteiger partial charge in [-0.15, -0.1) is 0 Å². The van der Waals surface area contributed by atoms with Gasteiger partial charge < -0.3 is 0 Å². The monoisotopic (exact) mass is 304 g/mol. The first-order valence-electron chi connectivity index (χ1n) is 7.53. The van der Waals surface area contributed by atoms with E-state index in [4.69, 9.17) is 0 Å². The topological polar surface area (TPSA) is 0 Å². The van der Waals surface area contributed by atoms with E-state index in [9.17, 15) is 0 Å². The molecule has 0 radical (unpaired) electrons. The molecule has 4 aliphatic rings. The average Bonchev–Trinajstić information content (AvgIpc) is 2.55. The molecule has 1 aromatic rings. The Balaban J connectivity index is 1.67. The van der Waals surface area contributed by atoms with Gasteiger partial charge in [0.2, 0.25) is 0 Å². The number of hydrogen-bond donors (Lipinski definition) is 0. The Morgan fingerprint density at radius 1 is 0.722 bits per heavy atom. The average molecular weight is 305 g/mol. The Morgan fingerprint density at radius 2 is 1.28 bits per heavy atom. The fourth-order valence-electron chi connectivity index (χ4n) is 5.23. The molecule has 0 aromatic heterocycles. The lowest BCUT2D eigenvalue weighted by Gasteiger charge is -2.39. The van der Waals surface area contributed by atoms with Crippen molar-refractivity contribution in [3.05, 3.63) is 34.3 Å². The summed E-state index contributed by atoms with van der Waals surface area (Å²) in [7, 11) is 0. The molecule has 0 heterocycles. The summed E-state index contributed by atoms with van der Waals surface area (Å²) in [5.41, 5.74) is 1.61. The Hall–Kier alpha value is -0.300. The minimum atomic E-state index is 0.860. The molecule has 4 aliphatic carbocycles. The van der Waals surface area contributed by atoms with E-state index in [2.05, 4.69) is 40.2 Å². The van der Waals surface area contributed by atoms with Crippen molar-refractivity contribution in [2.45, 2.75) is 44.4 Å². The van der Waals surface area contributed by atoms with Crippen molar-refractivity contribution >= 4 is 15.9 Å². The fourth-order valence-corrected chi connectivity index (χ4v) is 5.50. The zero-order valence-corrected chi connectivity index (χ0v) is 12.4. The maximum absolute atomic E-state index is 3.56. The van der Waals surface area contributed by atoms with Crippen LogP contribution in [0.2, 0.25) is 0 Å². The molecular weight excluding hydrogens is 284 g/mol. The molecule has 0 saturated heterocycles. The number of benzene rings is 1. The first-order valence-corrected chi connectivity index (χ1v) is 8.32.